The van der Waals surface area contributed by atoms with Crippen molar-refractivity contribution < 1.29 is 23.1 Å². The Morgan fingerprint density at radius 3 is 2.64 bits per heavy atom. The quantitative estimate of drug-likeness (QED) is 0.436. The highest BCUT2D eigenvalue weighted by molar-refractivity contribution is 7.99. The largest absolute Gasteiger partial charge is 0.496 e. The first-order chi connectivity index (χ1) is 12.1. The fourth-order valence-electron chi connectivity index (χ4n) is 1.88. The Kier molecular flexibility index (Phi) is 7.21. The van der Waals surface area contributed by atoms with Crippen molar-refractivity contribution in [3.63, 3.8) is 0 Å². The van der Waals surface area contributed by atoms with Crippen molar-refractivity contribution in [3.05, 3.63) is 54.1 Å². The average molecular weight is 366 g/mol. The topological polar surface area (TPSA) is 59.9 Å². The number of thioether (sulfide) groups is 1. The summed E-state index contributed by atoms with van der Waals surface area (Å²) in [6.45, 7) is -0.279. The summed E-state index contributed by atoms with van der Waals surface area (Å²) in [4.78, 5) is 17.1. The van der Waals surface area contributed by atoms with Crippen molar-refractivity contribution in [1.82, 2.24) is 0 Å². The van der Waals surface area contributed by atoms with E-state index in [1.165, 1.54) is 18.3 Å². The third kappa shape index (κ3) is 6.42. The fraction of sp³-hybridized carbons (Fsp3) is 0.176. The number of carbonyl (C=O) groups excluding carboxylic acids is 1. The van der Waals surface area contributed by atoms with Crippen LogP contribution in [0.4, 0.5) is 14.5 Å². The van der Waals surface area contributed by atoms with Crippen LogP contribution in [0.5, 0.6) is 5.75 Å². The maximum absolute atomic E-state index is 12.2. The zero-order chi connectivity index (χ0) is 18.1. The number of nitrogens with zero attached hydrogens (tertiary/aromatic N) is 1. The van der Waals surface area contributed by atoms with Crippen LogP contribution in [0.2, 0.25) is 0 Å². The van der Waals surface area contributed by atoms with Crippen molar-refractivity contribution in [2.75, 3.05) is 19.0 Å². The lowest BCUT2D eigenvalue weighted by Gasteiger charge is -2.06. The number of amides is 1. The number of ether oxygens (including phenoxy) is 1. The molecule has 0 bridgehead atoms. The van der Waals surface area contributed by atoms with Crippen molar-refractivity contribution in [1.29, 1.82) is 0 Å². The Morgan fingerprint density at radius 2 is 1.96 bits per heavy atom. The molecule has 0 atom stereocenters. The number of hydrogen-bond acceptors (Lipinski definition) is 5. The molecule has 132 valence electrons. The fourth-order valence-corrected chi connectivity index (χ4v) is 2.38. The average Bonchev–Trinajstić information content (AvgIpc) is 2.60. The van der Waals surface area contributed by atoms with E-state index in [0.717, 1.165) is 5.56 Å². The zero-order valence-electron chi connectivity index (χ0n) is 13.3. The molecule has 0 fully saturated rings. The molecular formula is C17H16F2N2O3S. The van der Waals surface area contributed by atoms with Gasteiger partial charge in [-0.2, -0.15) is 8.78 Å². The van der Waals surface area contributed by atoms with Crippen LogP contribution in [0.1, 0.15) is 5.56 Å². The molecule has 0 aliphatic carbocycles. The van der Waals surface area contributed by atoms with Crippen molar-refractivity contribution >= 4 is 29.6 Å². The molecule has 0 aliphatic heterocycles. The highest BCUT2D eigenvalue weighted by Crippen LogP contribution is 2.26. The molecule has 5 nitrogen and oxygen atoms in total. The van der Waals surface area contributed by atoms with E-state index in [9.17, 15) is 13.6 Å². The number of para-hydroxylation sites is 1. The van der Waals surface area contributed by atoms with Crippen LogP contribution in [-0.4, -0.2) is 31.6 Å². The highest BCUT2D eigenvalue weighted by Gasteiger charge is 2.06. The third-order valence-electron chi connectivity index (χ3n) is 2.96. The van der Waals surface area contributed by atoms with Gasteiger partial charge in [-0.05, 0) is 36.4 Å². The summed E-state index contributed by atoms with van der Waals surface area (Å²) in [5, 5.41) is 6.31. The van der Waals surface area contributed by atoms with E-state index in [1.807, 2.05) is 12.1 Å². The number of nitrogens with one attached hydrogen (secondary N) is 1. The summed E-state index contributed by atoms with van der Waals surface area (Å²) >= 11 is 0.444. The standard InChI is InChI=1S/C17H16F2N2O3S/c1-23-15-5-3-2-4-12(15)10-20-24-11-16(22)21-13-6-8-14(9-7-13)25-17(18)19/h2-10,17H,11H2,1H3,(H,21,22)/b20-10-. The van der Waals surface area contributed by atoms with Crippen molar-refractivity contribution in [3.8, 4) is 5.75 Å². The Bertz CT molecular complexity index is 724. The van der Waals surface area contributed by atoms with Crippen molar-refractivity contribution in [2.24, 2.45) is 5.16 Å². The van der Waals surface area contributed by atoms with Gasteiger partial charge in [0.1, 0.15) is 5.75 Å². The van der Waals surface area contributed by atoms with E-state index in [4.69, 9.17) is 9.57 Å². The molecule has 0 aromatic heterocycles. The van der Waals surface area contributed by atoms with Gasteiger partial charge >= 0.3 is 0 Å². The van der Waals surface area contributed by atoms with E-state index in [-0.39, 0.29) is 6.61 Å². The summed E-state index contributed by atoms with van der Waals surface area (Å²) in [5.74, 6) is -2.25. The molecule has 0 heterocycles. The van der Waals surface area contributed by atoms with Gasteiger partial charge in [-0.25, -0.2) is 0 Å². The Balaban J connectivity index is 1.79. The van der Waals surface area contributed by atoms with Gasteiger partial charge in [-0.1, -0.05) is 29.1 Å². The minimum absolute atomic E-state index is 0.279. The van der Waals surface area contributed by atoms with Crippen LogP contribution < -0.4 is 10.1 Å². The summed E-state index contributed by atoms with van der Waals surface area (Å²) in [6, 6.07) is 13.3. The molecule has 0 aliphatic rings. The van der Waals surface area contributed by atoms with E-state index in [0.29, 0.717) is 28.1 Å². The lowest BCUT2D eigenvalue weighted by molar-refractivity contribution is -0.120. The monoisotopic (exact) mass is 366 g/mol. The lowest BCUT2D eigenvalue weighted by Crippen LogP contribution is -2.16. The second kappa shape index (κ2) is 9.63. The van der Waals surface area contributed by atoms with E-state index in [2.05, 4.69) is 10.5 Å². The first-order valence-electron chi connectivity index (χ1n) is 7.21. The Hall–Kier alpha value is -2.61. The first-order valence-corrected chi connectivity index (χ1v) is 8.09. The minimum Gasteiger partial charge on any atom is -0.496 e. The predicted molar refractivity (Wildman–Crippen MR) is 93.5 cm³/mol. The molecule has 0 saturated heterocycles. The Labute approximate surface area is 148 Å². The van der Waals surface area contributed by atoms with Crippen LogP contribution >= 0.6 is 11.8 Å². The summed E-state index contributed by atoms with van der Waals surface area (Å²) < 4.78 is 29.6. The number of anilines is 1. The molecule has 0 unspecified atom stereocenters. The molecule has 0 saturated carbocycles. The van der Waals surface area contributed by atoms with Gasteiger partial charge in [-0.15, -0.1) is 0 Å². The molecule has 8 heteroatoms. The second-order valence-corrected chi connectivity index (χ2v) is 5.76. The van der Waals surface area contributed by atoms with Crippen LogP contribution in [0.3, 0.4) is 0 Å². The highest BCUT2D eigenvalue weighted by atomic mass is 32.2. The maximum atomic E-state index is 12.2. The Morgan fingerprint density at radius 1 is 1.24 bits per heavy atom. The van der Waals surface area contributed by atoms with Crippen LogP contribution in [-0.2, 0) is 9.63 Å². The van der Waals surface area contributed by atoms with Crippen molar-refractivity contribution in [2.45, 2.75) is 10.7 Å². The lowest BCUT2D eigenvalue weighted by atomic mass is 10.2. The first kappa shape index (κ1) is 18.7. The SMILES string of the molecule is COc1ccccc1/C=N\OCC(=O)Nc1ccc(SC(F)F)cc1. The number of methoxy groups -OCH3 is 1. The van der Waals surface area contributed by atoms with Gasteiger partial charge in [0.15, 0.2) is 6.61 Å². The van der Waals surface area contributed by atoms with Crippen LogP contribution in [0, 0.1) is 0 Å². The van der Waals surface area contributed by atoms with Gasteiger partial charge in [0.2, 0.25) is 0 Å². The molecule has 1 N–H and O–H groups in total. The van der Waals surface area contributed by atoms with Gasteiger partial charge in [0.05, 0.1) is 13.3 Å². The molecule has 25 heavy (non-hydrogen) atoms. The number of rotatable bonds is 8. The molecule has 2 rings (SSSR count). The molecule has 2 aromatic rings. The summed E-state index contributed by atoms with van der Waals surface area (Å²) in [7, 11) is 1.55. The number of alkyl halides is 2. The normalized spacial score (nSPS) is 10.9. The molecule has 1 amide bonds. The molecule has 0 radical (unpaired) electrons. The smallest absolute Gasteiger partial charge is 0.288 e. The molecule has 2 aromatic carbocycles. The second-order valence-electron chi connectivity index (χ2n) is 4.70. The number of oxime groups is 1. The van der Waals surface area contributed by atoms with Gasteiger partial charge in [0.25, 0.3) is 11.7 Å². The zero-order valence-corrected chi connectivity index (χ0v) is 14.1. The molecular weight excluding hydrogens is 350 g/mol. The van der Waals surface area contributed by atoms with Gasteiger partial charge < -0.3 is 14.9 Å². The van der Waals surface area contributed by atoms with E-state index >= 15 is 0 Å². The van der Waals surface area contributed by atoms with Gasteiger partial charge in [0, 0.05) is 16.1 Å². The number of benzene rings is 2. The number of halogens is 2. The van der Waals surface area contributed by atoms with E-state index in [1.54, 1.807) is 31.4 Å². The number of hydrogen-bond donors (Lipinski definition) is 1. The summed E-state index contributed by atoms with van der Waals surface area (Å²) in [6.07, 6.45) is 1.45. The predicted octanol–water partition coefficient (Wildman–Crippen LogP) is 4.00. The summed E-state index contributed by atoms with van der Waals surface area (Å²) in [5.41, 5.74) is 1.21. The number of carbonyl (C=O) groups is 1. The maximum Gasteiger partial charge on any atom is 0.288 e. The minimum atomic E-state index is -2.48. The third-order valence-corrected chi connectivity index (χ3v) is 3.69. The van der Waals surface area contributed by atoms with Crippen LogP contribution in [0.15, 0.2) is 58.6 Å². The van der Waals surface area contributed by atoms with E-state index < -0.39 is 11.7 Å². The van der Waals surface area contributed by atoms with Gasteiger partial charge in [-0.3, -0.25) is 4.79 Å². The molecule has 0 spiro atoms. The van der Waals surface area contributed by atoms with Crippen LogP contribution in [0.25, 0.3) is 0 Å².